The number of rotatable bonds is 14. The molecule has 1 aliphatic carbocycles. The fourth-order valence-electron chi connectivity index (χ4n) is 5.40. The lowest BCUT2D eigenvalue weighted by Crippen LogP contribution is -2.65. The van der Waals surface area contributed by atoms with E-state index < -0.39 is 17.5 Å². The van der Waals surface area contributed by atoms with Gasteiger partial charge in [0.25, 0.3) is 17.0 Å². The van der Waals surface area contributed by atoms with Crippen LogP contribution < -0.4 is 5.32 Å². The molecule has 2 aromatic carbocycles. The second-order valence-electron chi connectivity index (χ2n) is 11.5. The second-order valence-corrected chi connectivity index (χ2v) is 12.6. The molecule has 232 valence electrons. The van der Waals surface area contributed by atoms with E-state index in [4.69, 9.17) is 4.42 Å². The summed E-state index contributed by atoms with van der Waals surface area (Å²) in [7, 11) is 3.96. The molecule has 0 radical (unpaired) electrons. The lowest BCUT2D eigenvalue weighted by molar-refractivity contribution is -0.129. The van der Waals surface area contributed by atoms with Gasteiger partial charge in [-0.25, -0.2) is 0 Å². The van der Waals surface area contributed by atoms with Crippen LogP contribution in [-0.2, 0) is 4.79 Å². The van der Waals surface area contributed by atoms with Crippen LogP contribution in [0.2, 0.25) is 0 Å². The van der Waals surface area contributed by atoms with E-state index in [0.717, 1.165) is 42.7 Å². The smallest absolute Gasteiger partial charge is 0.286 e. The number of Topliss-reactive ketones (excluding diaryl/α,β-unsaturated/α-hetero) is 1. The second kappa shape index (κ2) is 16.0. The van der Waals surface area contributed by atoms with Gasteiger partial charge in [-0.3, -0.25) is 14.4 Å². The number of carbonyl (C=O) groups excluding carboxylic acids is 3. The summed E-state index contributed by atoms with van der Waals surface area (Å²) in [6.07, 6.45) is 4.86. The van der Waals surface area contributed by atoms with Crippen molar-refractivity contribution in [1.82, 2.24) is 25.3 Å². The zero-order chi connectivity index (χ0) is 30.1. The average Bonchev–Trinajstić information content (AvgIpc) is 3.46. The predicted octanol–water partition coefficient (Wildman–Crippen LogP) is 5.96. The Morgan fingerprint density at radius 1 is 1.00 bits per heavy atom. The van der Waals surface area contributed by atoms with E-state index in [9.17, 15) is 14.4 Å². The fourth-order valence-corrected chi connectivity index (χ4v) is 6.27. The van der Waals surface area contributed by atoms with Crippen molar-refractivity contribution in [2.45, 2.75) is 69.3 Å². The van der Waals surface area contributed by atoms with Crippen molar-refractivity contribution >= 4 is 42.3 Å². The molecule has 9 nitrogen and oxygen atoms in total. The average molecular weight is 628 g/mol. The molecular weight excluding hydrogens is 586 g/mol. The van der Waals surface area contributed by atoms with Gasteiger partial charge in [0.05, 0.1) is 0 Å². The number of carbonyl (C=O) groups is 3. The quantitative estimate of drug-likeness (QED) is 0.101. The first-order chi connectivity index (χ1) is 20.2. The summed E-state index contributed by atoms with van der Waals surface area (Å²) in [5, 5.41) is 11.6. The molecule has 1 aliphatic rings. The molecule has 2 amide bonds. The molecule has 0 bridgehead atoms. The third-order valence-electron chi connectivity index (χ3n) is 7.60. The Labute approximate surface area is 264 Å². The SMILES string of the molecule is CC(C)CC(C(=O)c1nnc(SCCN(C)C)o1)N(C=O)C1(NC(=O)c2ccc(-c3ccccc3)cc2)CCCCC1.Cl. The Morgan fingerprint density at radius 3 is 2.26 bits per heavy atom. The first-order valence-electron chi connectivity index (χ1n) is 14.6. The van der Waals surface area contributed by atoms with E-state index in [0.29, 0.717) is 36.5 Å². The van der Waals surface area contributed by atoms with E-state index in [-0.39, 0.29) is 30.1 Å². The van der Waals surface area contributed by atoms with Crippen molar-refractivity contribution < 1.29 is 18.8 Å². The molecule has 1 unspecified atom stereocenters. The number of thioether (sulfide) groups is 1. The first kappa shape index (κ1) is 34.3. The number of nitrogens with one attached hydrogen (secondary N) is 1. The molecule has 0 saturated heterocycles. The highest BCUT2D eigenvalue weighted by Crippen LogP contribution is 2.35. The number of nitrogens with zero attached hydrogens (tertiary/aromatic N) is 4. The summed E-state index contributed by atoms with van der Waals surface area (Å²) in [6.45, 7) is 4.82. The van der Waals surface area contributed by atoms with Crippen LogP contribution in [0.4, 0.5) is 0 Å². The molecule has 1 N–H and O–H groups in total. The number of halogens is 1. The van der Waals surface area contributed by atoms with Gasteiger partial charge in [-0.2, -0.15) is 0 Å². The molecule has 11 heteroatoms. The minimum Gasteiger partial charge on any atom is -0.408 e. The van der Waals surface area contributed by atoms with Gasteiger partial charge in [-0.05, 0) is 75.4 Å². The molecule has 1 atom stereocenters. The highest BCUT2D eigenvalue weighted by molar-refractivity contribution is 7.99. The van der Waals surface area contributed by atoms with Crippen LogP contribution in [0.1, 0.15) is 73.4 Å². The van der Waals surface area contributed by atoms with Crippen LogP contribution in [0.5, 0.6) is 0 Å². The number of benzene rings is 2. The van der Waals surface area contributed by atoms with Crippen LogP contribution in [0.15, 0.2) is 64.2 Å². The molecule has 1 saturated carbocycles. The molecule has 3 aromatic rings. The number of aromatic nitrogens is 2. The van der Waals surface area contributed by atoms with Crippen LogP contribution in [0.3, 0.4) is 0 Å². The summed E-state index contributed by atoms with van der Waals surface area (Å²) >= 11 is 1.39. The minimum atomic E-state index is -1.01. The molecule has 1 heterocycles. The molecular formula is C32H42ClN5O4S. The molecule has 1 fully saturated rings. The number of ketones is 1. The number of amides is 2. The maximum atomic E-state index is 13.9. The zero-order valence-corrected chi connectivity index (χ0v) is 27.0. The standard InChI is InChI=1S/C32H41N5O4S.ClH/c1-23(2)21-27(28(39)30-34-35-31(41-30)42-20-19-36(3)4)37(22-38)32(17-9-6-10-18-32)33-29(40)26-15-13-25(14-16-26)24-11-7-5-8-12-24;/h5,7-8,11-16,22-23,27H,6,9-10,17-21H2,1-4H3,(H,33,40);1H. The van der Waals surface area contributed by atoms with Gasteiger partial charge in [0.15, 0.2) is 0 Å². The Bertz CT molecular complexity index is 1330. The van der Waals surface area contributed by atoms with E-state index >= 15 is 0 Å². The highest BCUT2D eigenvalue weighted by Gasteiger charge is 2.45. The van der Waals surface area contributed by atoms with Gasteiger partial charge in [-0.1, -0.05) is 74.5 Å². The zero-order valence-electron chi connectivity index (χ0n) is 25.3. The fraction of sp³-hybridized carbons (Fsp3) is 0.469. The third kappa shape index (κ3) is 8.90. The molecule has 0 spiro atoms. The Balaban J connectivity index is 0.00000506. The maximum Gasteiger partial charge on any atom is 0.286 e. The van der Waals surface area contributed by atoms with Crippen molar-refractivity contribution in [3.05, 3.63) is 66.1 Å². The molecule has 1 aromatic heterocycles. The summed E-state index contributed by atoms with van der Waals surface area (Å²) in [5.41, 5.74) is 1.56. The Hall–Kier alpha value is -3.21. The van der Waals surface area contributed by atoms with Crippen molar-refractivity contribution in [2.75, 3.05) is 26.4 Å². The van der Waals surface area contributed by atoms with E-state index in [1.807, 2.05) is 75.3 Å². The largest absolute Gasteiger partial charge is 0.408 e. The topological polar surface area (TPSA) is 109 Å². The summed E-state index contributed by atoms with van der Waals surface area (Å²) in [4.78, 5) is 43.9. The van der Waals surface area contributed by atoms with Crippen molar-refractivity contribution in [3.8, 4) is 11.1 Å². The summed E-state index contributed by atoms with van der Waals surface area (Å²) in [6, 6.07) is 16.5. The minimum absolute atomic E-state index is 0. The van der Waals surface area contributed by atoms with Gasteiger partial charge in [0.2, 0.25) is 12.2 Å². The lowest BCUT2D eigenvalue weighted by atomic mass is 9.84. The molecule has 0 aliphatic heterocycles. The van der Waals surface area contributed by atoms with Gasteiger partial charge in [0.1, 0.15) is 11.7 Å². The summed E-state index contributed by atoms with van der Waals surface area (Å²) in [5.74, 6) is 0.0274. The lowest BCUT2D eigenvalue weighted by Gasteiger charge is -2.48. The Morgan fingerprint density at radius 2 is 1.65 bits per heavy atom. The van der Waals surface area contributed by atoms with Crippen LogP contribution in [0.25, 0.3) is 11.1 Å². The predicted molar refractivity (Wildman–Crippen MR) is 171 cm³/mol. The summed E-state index contributed by atoms with van der Waals surface area (Å²) < 4.78 is 5.75. The first-order valence-corrected chi connectivity index (χ1v) is 15.6. The van der Waals surface area contributed by atoms with Crippen molar-refractivity contribution in [2.24, 2.45) is 5.92 Å². The molecule has 4 rings (SSSR count). The van der Waals surface area contributed by atoms with E-state index in [2.05, 4.69) is 15.5 Å². The van der Waals surface area contributed by atoms with Gasteiger partial charge in [-0.15, -0.1) is 22.6 Å². The Kier molecular flexibility index (Phi) is 12.8. The number of hydrogen-bond donors (Lipinski definition) is 1. The van der Waals surface area contributed by atoms with Crippen molar-refractivity contribution in [3.63, 3.8) is 0 Å². The number of hydrogen-bond acceptors (Lipinski definition) is 8. The third-order valence-corrected chi connectivity index (χ3v) is 8.40. The highest BCUT2D eigenvalue weighted by atomic mass is 35.5. The van der Waals surface area contributed by atoms with E-state index in [1.165, 1.54) is 16.7 Å². The van der Waals surface area contributed by atoms with Gasteiger partial charge < -0.3 is 19.5 Å². The van der Waals surface area contributed by atoms with Crippen LogP contribution >= 0.6 is 24.2 Å². The maximum absolute atomic E-state index is 13.9. The van der Waals surface area contributed by atoms with Crippen molar-refractivity contribution in [1.29, 1.82) is 0 Å². The van der Waals surface area contributed by atoms with Crippen LogP contribution in [0, 0.1) is 5.92 Å². The monoisotopic (exact) mass is 627 g/mol. The molecule has 43 heavy (non-hydrogen) atoms. The normalized spacial score (nSPS) is 15.0. The van der Waals surface area contributed by atoms with Gasteiger partial charge in [0, 0.05) is 17.9 Å². The van der Waals surface area contributed by atoms with Crippen LogP contribution in [-0.4, -0.2) is 76.2 Å². The van der Waals surface area contributed by atoms with E-state index in [1.54, 1.807) is 12.1 Å². The van der Waals surface area contributed by atoms with Gasteiger partial charge >= 0.3 is 0 Å².